The van der Waals surface area contributed by atoms with Crippen molar-refractivity contribution in [2.75, 3.05) is 11.9 Å². The van der Waals surface area contributed by atoms with E-state index < -0.39 is 41.5 Å². The van der Waals surface area contributed by atoms with E-state index in [4.69, 9.17) is 9.88 Å². The van der Waals surface area contributed by atoms with Gasteiger partial charge in [-0.05, 0) is 25.7 Å². The highest BCUT2D eigenvalue weighted by molar-refractivity contribution is 7.84. The van der Waals surface area contributed by atoms with E-state index in [2.05, 4.69) is 59.1 Å². The second-order valence-electron chi connectivity index (χ2n) is 9.62. The van der Waals surface area contributed by atoms with Crippen LogP contribution in [0.15, 0.2) is 12.7 Å². The summed E-state index contributed by atoms with van der Waals surface area (Å²) in [5.41, 5.74) is 0.667. The average Bonchev–Trinajstić information content (AvgIpc) is 3.13. The lowest BCUT2D eigenvalue weighted by Crippen LogP contribution is -2.35. The maximum Gasteiger partial charge on any atom is 0.333 e. The molecule has 0 aromatic carbocycles. The molecule has 31 heavy (non-hydrogen) atoms. The van der Waals surface area contributed by atoms with Crippen LogP contribution in [0.1, 0.15) is 47.3 Å². The van der Waals surface area contributed by atoms with Gasteiger partial charge >= 0.3 is 10.3 Å². The number of anilines is 1. The minimum atomic E-state index is -4.22. The predicted octanol–water partition coefficient (Wildman–Crippen LogP) is 0.292. The summed E-state index contributed by atoms with van der Waals surface area (Å²) in [4.78, 5) is 12.9. The van der Waals surface area contributed by atoms with Gasteiger partial charge in [0.2, 0.25) is 0 Å². The summed E-state index contributed by atoms with van der Waals surface area (Å²) in [5, 5.41) is 28.9. The summed E-state index contributed by atoms with van der Waals surface area (Å²) in [6.07, 6.45) is -1.26. The molecule has 2 aromatic heterocycles. The third-order valence-corrected chi connectivity index (χ3v) is 5.26. The molecule has 0 aliphatic carbocycles. The Bertz CT molecular complexity index is 1030. The van der Waals surface area contributed by atoms with Crippen LogP contribution in [0.25, 0.3) is 11.2 Å². The molecule has 1 aliphatic heterocycles. The standard InChI is InChI=1S/C18H30N6O6S/c1-17(2,3)7-18(4,5)23-14-11-15(21-8-20-14)24(9-22-11)16-13(26)12(25)10(30-16)6-29-31(19,27)28/h8-10,12-13,16,25-26H,6-7H2,1-5H3,(H2,19,27,28)(H,20,21,23)/t10-,12-,13-,16-/m1/s1. The fourth-order valence-corrected chi connectivity index (χ4v) is 4.40. The lowest BCUT2D eigenvalue weighted by atomic mass is 9.82. The average molecular weight is 459 g/mol. The summed E-state index contributed by atoms with van der Waals surface area (Å²) in [7, 11) is -4.22. The molecule has 0 unspecified atom stereocenters. The second kappa shape index (κ2) is 8.22. The van der Waals surface area contributed by atoms with E-state index in [1.807, 2.05) is 0 Å². The van der Waals surface area contributed by atoms with Crippen LogP contribution in [0.3, 0.4) is 0 Å². The van der Waals surface area contributed by atoms with E-state index in [-0.39, 0.29) is 11.0 Å². The third kappa shape index (κ3) is 5.67. The zero-order chi connectivity index (χ0) is 23.2. The lowest BCUT2D eigenvalue weighted by Gasteiger charge is -2.33. The number of rotatable bonds is 7. The number of nitrogens with two attached hydrogens (primary N) is 1. The van der Waals surface area contributed by atoms with Crippen molar-refractivity contribution < 1.29 is 27.6 Å². The first kappa shape index (κ1) is 23.8. The Balaban J connectivity index is 1.85. The van der Waals surface area contributed by atoms with Gasteiger partial charge in [0.15, 0.2) is 23.2 Å². The normalized spacial score (nSPS) is 25.3. The summed E-state index contributed by atoms with van der Waals surface area (Å²) >= 11 is 0. The summed E-state index contributed by atoms with van der Waals surface area (Å²) < 4.78 is 33.6. The molecule has 13 heteroatoms. The Morgan fingerprint density at radius 3 is 2.48 bits per heavy atom. The van der Waals surface area contributed by atoms with Gasteiger partial charge in [0, 0.05) is 5.54 Å². The van der Waals surface area contributed by atoms with Crippen LogP contribution in [0, 0.1) is 5.41 Å². The zero-order valence-electron chi connectivity index (χ0n) is 18.2. The highest BCUT2D eigenvalue weighted by Gasteiger charge is 2.45. The molecule has 0 bridgehead atoms. The van der Waals surface area contributed by atoms with Crippen molar-refractivity contribution in [2.24, 2.45) is 10.6 Å². The van der Waals surface area contributed by atoms with Gasteiger partial charge in [-0.3, -0.25) is 8.75 Å². The smallest absolute Gasteiger partial charge is 0.333 e. The molecule has 3 rings (SSSR count). The highest BCUT2D eigenvalue weighted by Crippen LogP contribution is 2.34. The number of hydrogen-bond acceptors (Lipinski definition) is 10. The first-order valence-electron chi connectivity index (χ1n) is 9.81. The molecular formula is C18H30N6O6S. The molecule has 2 aromatic rings. The quantitative estimate of drug-likeness (QED) is 0.451. The van der Waals surface area contributed by atoms with E-state index in [1.54, 1.807) is 0 Å². The van der Waals surface area contributed by atoms with Gasteiger partial charge in [-0.15, -0.1) is 0 Å². The Morgan fingerprint density at radius 2 is 1.87 bits per heavy atom. The van der Waals surface area contributed by atoms with E-state index in [0.29, 0.717) is 17.0 Å². The lowest BCUT2D eigenvalue weighted by molar-refractivity contribution is -0.0467. The predicted molar refractivity (Wildman–Crippen MR) is 112 cm³/mol. The molecule has 4 atom stereocenters. The minimum Gasteiger partial charge on any atom is -0.387 e. The van der Waals surface area contributed by atoms with Crippen molar-refractivity contribution in [1.29, 1.82) is 0 Å². The van der Waals surface area contributed by atoms with Gasteiger partial charge in [0.25, 0.3) is 0 Å². The maximum absolute atomic E-state index is 11.0. The molecule has 0 radical (unpaired) electrons. The van der Waals surface area contributed by atoms with Crippen molar-refractivity contribution in [3.05, 3.63) is 12.7 Å². The second-order valence-corrected chi connectivity index (χ2v) is 10.8. The number of aromatic nitrogens is 4. The Labute approximate surface area is 181 Å². The van der Waals surface area contributed by atoms with Crippen molar-refractivity contribution >= 4 is 27.3 Å². The number of nitrogens with zero attached hydrogens (tertiary/aromatic N) is 4. The maximum atomic E-state index is 11.0. The molecule has 1 aliphatic rings. The molecule has 12 nitrogen and oxygen atoms in total. The number of nitrogens with one attached hydrogen (secondary N) is 1. The van der Waals surface area contributed by atoms with Crippen LogP contribution in [0.5, 0.6) is 0 Å². The monoisotopic (exact) mass is 458 g/mol. The van der Waals surface area contributed by atoms with Crippen molar-refractivity contribution in [3.8, 4) is 0 Å². The number of aliphatic hydroxyl groups is 2. The van der Waals surface area contributed by atoms with Crippen LogP contribution in [0.4, 0.5) is 5.82 Å². The molecule has 1 fully saturated rings. The van der Waals surface area contributed by atoms with Crippen molar-refractivity contribution in [3.63, 3.8) is 0 Å². The molecule has 0 amide bonds. The Hall–Kier alpha value is -1.90. The molecule has 0 spiro atoms. The van der Waals surface area contributed by atoms with Crippen LogP contribution >= 0.6 is 0 Å². The van der Waals surface area contributed by atoms with Gasteiger partial charge < -0.3 is 20.3 Å². The van der Waals surface area contributed by atoms with E-state index in [0.717, 1.165) is 6.42 Å². The van der Waals surface area contributed by atoms with E-state index in [1.165, 1.54) is 17.2 Å². The Morgan fingerprint density at radius 1 is 1.19 bits per heavy atom. The molecular weight excluding hydrogens is 428 g/mol. The van der Waals surface area contributed by atoms with Gasteiger partial charge in [0.1, 0.15) is 24.6 Å². The number of fused-ring (bicyclic) bond motifs is 1. The topological polar surface area (TPSA) is 175 Å². The third-order valence-electron chi connectivity index (χ3n) is 4.80. The number of aliphatic hydroxyl groups excluding tert-OH is 2. The number of imidazole rings is 1. The van der Waals surface area contributed by atoms with Gasteiger partial charge in [-0.1, -0.05) is 20.8 Å². The van der Waals surface area contributed by atoms with Gasteiger partial charge in [0.05, 0.1) is 12.9 Å². The molecule has 0 saturated carbocycles. The van der Waals surface area contributed by atoms with Crippen molar-refractivity contribution in [1.82, 2.24) is 19.5 Å². The fraction of sp³-hybridized carbons (Fsp3) is 0.722. The summed E-state index contributed by atoms with van der Waals surface area (Å²) in [6, 6.07) is 0. The molecule has 5 N–H and O–H groups in total. The SMILES string of the molecule is CC(C)(C)CC(C)(C)Nc1ncnc2c1ncn2[C@@H]1O[C@H](COS(N)(=O)=O)[C@@H](O)[C@H]1O. The van der Waals surface area contributed by atoms with Crippen molar-refractivity contribution in [2.45, 2.75) is 71.1 Å². The largest absolute Gasteiger partial charge is 0.387 e. The zero-order valence-corrected chi connectivity index (χ0v) is 19.0. The number of hydrogen-bond donors (Lipinski definition) is 4. The van der Waals surface area contributed by atoms with Gasteiger partial charge in [-0.2, -0.15) is 8.42 Å². The minimum absolute atomic E-state index is 0.0913. The first-order chi connectivity index (χ1) is 14.2. The first-order valence-corrected chi connectivity index (χ1v) is 11.3. The number of ether oxygens (including phenoxy) is 1. The van der Waals surface area contributed by atoms with Gasteiger partial charge in [-0.25, -0.2) is 20.1 Å². The molecule has 3 heterocycles. The Kier molecular flexibility index (Phi) is 6.30. The highest BCUT2D eigenvalue weighted by atomic mass is 32.2. The summed E-state index contributed by atoms with van der Waals surface area (Å²) in [5.74, 6) is 0.528. The molecule has 174 valence electrons. The summed E-state index contributed by atoms with van der Waals surface area (Å²) in [6.45, 7) is 10.1. The fourth-order valence-electron chi connectivity index (χ4n) is 4.08. The van der Waals surface area contributed by atoms with Crippen LogP contribution in [0.2, 0.25) is 0 Å². The van der Waals surface area contributed by atoms with Crippen LogP contribution in [-0.2, 0) is 19.2 Å². The van der Waals surface area contributed by atoms with Crippen LogP contribution < -0.4 is 10.5 Å². The van der Waals surface area contributed by atoms with E-state index in [9.17, 15) is 18.6 Å². The van der Waals surface area contributed by atoms with E-state index >= 15 is 0 Å². The van der Waals surface area contributed by atoms with Crippen LogP contribution in [-0.4, -0.2) is 68.6 Å². The molecule has 1 saturated heterocycles.